The van der Waals surface area contributed by atoms with E-state index < -0.39 is 44.7 Å². The molecule has 3 rings (SSSR count). The fourth-order valence-corrected chi connectivity index (χ4v) is 3.01. The molecule has 1 amide bonds. The maximum absolute atomic E-state index is 13.6. The maximum Gasteiger partial charge on any atom is 0.267 e. The number of aliphatic imine (C=N–C) groups is 2. The third kappa shape index (κ3) is 2.50. The molecule has 0 fully saturated rings. The van der Waals surface area contributed by atoms with E-state index in [-0.39, 0.29) is 5.96 Å². The molecule has 0 radical (unpaired) electrons. The molecule has 1 aromatic carbocycles. The molecule has 0 aliphatic carbocycles. The summed E-state index contributed by atoms with van der Waals surface area (Å²) in [5, 5.41) is 4.88. The molecule has 0 saturated heterocycles. The Morgan fingerprint density at radius 3 is 2.77 bits per heavy atom. The van der Waals surface area contributed by atoms with E-state index in [1.54, 1.807) is 0 Å². The van der Waals surface area contributed by atoms with Gasteiger partial charge in [-0.2, -0.15) is 0 Å². The van der Waals surface area contributed by atoms with E-state index in [1.165, 1.54) is 6.34 Å². The number of benzene rings is 1. The van der Waals surface area contributed by atoms with E-state index in [2.05, 4.69) is 20.6 Å². The van der Waals surface area contributed by atoms with Crippen LogP contribution in [0.2, 0.25) is 0 Å². The number of nitrogens with one attached hydrogen (secondary N) is 3. The van der Waals surface area contributed by atoms with Gasteiger partial charge < -0.3 is 5.32 Å². The Morgan fingerprint density at radius 2 is 2.05 bits per heavy atom. The zero-order valence-electron chi connectivity index (χ0n) is 10.7. The average molecular weight is 329 g/mol. The van der Waals surface area contributed by atoms with Gasteiger partial charge in [0, 0.05) is 6.07 Å². The van der Waals surface area contributed by atoms with E-state index in [0.717, 1.165) is 12.1 Å². The van der Waals surface area contributed by atoms with Gasteiger partial charge in [-0.3, -0.25) is 10.1 Å². The Kier molecular flexibility index (Phi) is 3.28. The van der Waals surface area contributed by atoms with Crippen LogP contribution >= 0.6 is 0 Å². The van der Waals surface area contributed by atoms with Crippen molar-refractivity contribution in [3.05, 3.63) is 29.8 Å². The molecule has 0 spiro atoms. The summed E-state index contributed by atoms with van der Waals surface area (Å²) >= 11 is 0. The van der Waals surface area contributed by atoms with Gasteiger partial charge in [-0.1, -0.05) is 0 Å². The minimum absolute atomic E-state index is 0.379. The van der Waals surface area contributed by atoms with Crippen molar-refractivity contribution in [3.63, 3.8) is 0 Å². The highest BCUT2D eigenvalue weighted by molar-refractivity contribution is 7.90. The van der Waals surface area contributed by atoms with Gasteiger partial charge in [0.1, 0.15) is 22.6 Å². The molecular weight excluding hydrogens is 320 g/mol. The Morgan fingerprint density at radius 1 is 1.27 bits per heavy atom. The monoisotopic (exact) mass is 329 g/mol. The normalized spacial score (nSPS) is 23.4. The number of sulfonamides is 1. The summed E-state index contributed by atoms with van der Waals surface area (Å²) in [6.45, 7) is 0. The van der Waals surface area contributed by atoms with Crippen molar-refractivity contribution in [1.82, 2.24) is 15.4 Å². The van der Waals surface area contributed by atoms with Gasteiger partial charge in [0.15, 0.2) is 6.17 Å². The van der Waals surface area contributed by atoms with Crippen LogP contribution in [0.25, 0.3) is 0 Å². The van der Waals surface area contributed by atoms with Crippen molar-refractivity contribution in [2.45, 2.75) is 17.1 Å². The number of hydrogen-bond acceptors (Lipinski definition) is 6. The van der Waals surface area contributed by atoms with Crippen molar-refractivity contribution in [2.24, 2.45) is 9.98 Å². The number of nitrogens with zero attached hydrogens (tertiary/aromatic N) is 2. The van der Waals surface area contributed by atoms with E-state index >= 15 is 0 Å². The average Bonchev–Trinajstić information content (AvgIpc) is 2.86. The van der Waals surface area contributed by atoms with Gasteiger partial charge in [-0.05, 0) is 12.1 Å². The zero-order valence-corrected chi connectivity index (χ0v) is 11.6. The number of guanidine groups is 1. The third-order valence-electron chi connectivity index (χ3n) is 2.98. The molecule has 0 bridgehead atoms. The Bertz CT molecular complexity index is 808. The van der Waals surface area contributed by atoms with Gasteiger partial charge in [-0.15, -0.1) is 0 Å². The van der Waals surface area contributed by atoms with Gasteiger partial charge >= 0.3 is 0 Å². The molecule has 2 unspecified atom stereocenters. The van der Waals surface area contributed by atoms with Crippen molar-refractivity contribution < 1.29 is 22.0 Å². The Hall–Kier alpha value is -2.56. The number of hydrogen-bond donors (Lipinski definition) is 3. The van der Waals surface area contributed by atoms with Gasteiger partial charge in [0.25, 0.3) is 15.9 Å². The highest BCUT2D eigenvalue weighted by Gasteiger charge is 2.36. The third-order valence-corrected chi connectivity index (χ3v) is 4.35. The lowest BCUT2D eigenvalue weighted by atomic mass is 10.2. The van der Waals surface area contributed by atoms with Gasteiger partial charge in [0.2, 0.25) is 5.96 Å². The fraction of sp³-hybridized carbons (Fsp3) is 0.182. The maximum atomic E-state index is 13.6. The first-order chi connectivity index (χ1) is 10.4. The second-order valence-corrected chi connectivity index (χ2v) is 6.13. The first kappa shape index (κ1) is 14.4. The quantitative estimate of drug-likeness (QED) is 0.650. The largest absolute Gasteiger partial charge is 0.361 e. The summed E-state index contributed by atoms with van der Waals surface area (Å²) in [6.07, 6.45) is 0.486. The van der Waals surface area contributed by atoms with Crippen LogP contribution in [0.4, 0.5) is 8.78 Å². The van der Waals surface area contributed by atoms with Crippen molar-refractivity contribution >= 4 is 28.2 Å². The topological polar surface area (TPSA) is 112 Å². The lowest BCUT2D eigenvalue weighted by Gasteiger charge is -2.22. The molecule has 0 aromatic heterocycles. The first-order valence-corrected chi connectivity index (χ1v) is 7.49. The number of fused-ring (bicyclic) bond motifs is 1. The molecule has 2 aliphatic rings. The molecule has 11 heteroatoms. The van der Waals surface area contributed by atoms with E-state index in [1.807, 2.05) is 4.72 Å². The number of carbonyl (C=O) groups excluding carboxylic acids is 1. The Balaban J connectivity index is 1.88. The molecule has 2 atom stereocenters. The molecule has 0 saturated carbocycles. The van der Waals surface area contributed by atoms with Crippen LogP contribution in [-0.4, -0.2) is 38.8 Å². The molecule has 8 nitrogen and oxygen atoms in total. The van der Waals surface area contributed by atoms with E-state index in [0.29, 0.717) is 6.07 Å². The second kappa shape index (κ2) is 5.02. The second-order valence-electron chi connectivity index (χ2n) is 4.48. The lowest BCUT2D eigenvalue weighted by molar-refractivity contribution is -0.121. The minimum atomic E-state index is -4.37. The first-order valence-electron chi connectivity index (χ1n) is 6.01. The van der Waals surface area contributed by atoms with Crippen molar-refractivity contribution in [2.75, 3.05) is 0 Å². The molecule has 22 heavy (non-hydrogen) atoms. The summed E-state index contributed by atoms with van der Waals surface area (Å²) in [5.74, 6) is -3.08. The number of amides is 1. The summed E-state index contributed by atoms with van der Waals surface area (Å²) in [6, 6.07) is 1.31. The van der Waals surface area contributed by atoms with E-state index in [4.69, 9.17) is 0 Å². The predicted molar refractivity (Wildman–Crippen MR) is 71.5 cm³/mol. The molecule has 3 N–H and O–H groups in total. The Labute approximate surface area is 123 Å². The number of carbonyl (C=O) groups is 1. The fourth-order valence-electron chi connectivity index (χ4n) is 1.98. The zero-order chi connectivity index (χ0) is 15.9. The number of rotatable bonds is 2. The molecule has 2 aliphatic heterocycles. The van der Waals surface area contributed by atoms with Crippen LogP contribution < -0.4 is 15.4 Å². The standard InChI is InChI=1S/C11H9F2N5O3S/c12-5-1-2-7(6(13)3-5)22(20,21)18-11-16-9-8(10(19)17-11)14-4-15-9/h1-4,8-9H,(H,14,15)(H2,16,17,18,19). The van der Waals surface area contributed by atoms with Crippen LogP contribution in [0.15, 0.2) is 33.1 Å². The van der Waals surface area contributed by atoms with Crippen LogP contribution in [0, 0.1) is 11.6 Å². The SMILES string of the molecule is O=C1NC(NS(=O)(=O)c2ccc(F)cc2F)=NC2N=CNC12. The summed E-state index contributed by atoms with van der Waals surface area (Å²) in [7, 11) is -4.37. The number of halogens is 2. The smallest absolute Gasteiger partial charge is 0.267 e. The van der Waals surface area contributed by atoms with Crippen LogP contribution in [-0.2, 0) is 14.8 Å². The van der Waals surface area contributed by atoms with Gasteiger partial charge in [-0.25, -0.2) is 31.9 Å². The molecule has 1 aromatic rings. The van der Waals surface area contributed by atoms with Crippen molar-refractivity contribution in [3.8, 4) is 0 Å². The minimum Gasteiger partial charge on any atom is -0.361 e. The molecular formula is C11H9F2N5O3S. The van der Waals surface area contributed by atoms with E-state index in [9.17, 15) is 22.0 Å². The highest BCUT2D eigenvalue weighted by atomic mass is 32.2. The van der Waals surface area contributed by atoms with Crippen molar-refractivity contribution in [1.29, 1.82) is 0 Å². The van der Waals surface area contributed by atoms with Crippen LogP contribution in [0.3, 0.4) is 0 Å². The lowest BCUT2D eigenvalue weighted by Crippen LogP contribution is -2.56. The summed E-state index contributed by atoms with van der Waals surface area (Å²) < 4.78 is 52.5. The summed E-state index contributed by atoms with van der Waals surface area (Å²) in [4.78, 5) is 18.7. The van der Waals surface area contributed by atoms with Crippen LogP contribution in [0.1, 0.15) is 0 Å². The molecule has 2 heterocycles. The van der Waals surface area contributed by atoms with Crippen LogP contribution in [0.5, 0.6) is 0 Å². The molecule has 116 valence electrons. The predicted octanol–water partition coefficient (Wildman–Crippen LogP) is -0.945. The highest BCUT2D eigenvalue weighted by Crippen LogP contribution is 2.16. The van der Waals surface area contributed by atoms with Gasteiger partial charge in [0.05, 0.1) is 6.34 Å². The summed E-state index contributed by atoms with van der Waals surface area (Å²) in [5.41, 5.74) is 0.